The number of ether oxygens (including phenoxy) is 2. The van der Waals surface area contributed by atoms with E-state index in [1.54, 1.807) is 0 Å². The van der Waals surface area contributed by atoms with Crippen molar-refractivity contribution < 1.29 is 14.3 Å². The number of esters is 1. The smallest absolute Gasteiger partial charge is 0.313 e. The molecule has 3 heteroatoms. The summed E-state index contributed by atoms with van der Waals surface area (Å²) in [5.41, 5.74) is 0.249. The molecule has 1 atom stereocenters. The Morgan fingerprint density at radius 3 is 1.85 bits per heavy atom. The first-order valence-corrected chi connectivity index (χ1v) is 7.00. The van der Waals surface area contributed by atoms with Crippen molar-refractivity contribution in [1.82, 2.24) is 0 Å². The number of rotatable bonds is 3. The number of benzene rings is 1. The lowest BCUT2D eigenvalue weighted by molar-refractivity contribution is -0.156. The summed E-state index contributed by atoms with van der Waals surface area (Å²) in [6.07, 6.45) is 0. The molecule has 1 aromatic carbocycles. The van der Waals surface area contributed by atoms with Crippen molar-refractivity contribution in [3.8, 4) is 5.75 Å². The zero-order valence-electron chi connectivity index (χ0n) is 13.6. The molecule has 112 valence electrons. The van der Waals surface area contributed by atoms with Gasteiger partial charge in [-0.2, -0.15) is 0 Å². The molecule has 0 aromatic heterocycles. The van der Waals surface area contributed by atoms with Crippen LogP contribution < -0.4 is 4.74 Å². The molecule has 0 aliphatic heterocycles. The third-order valence-electron chi connectivity index (χ3n) is 2.56. The third kappa shape index (κ3) is 5.64. The van der Waals surface area contributed by atoms with Crippen LogP contribution >= 0.6 is 0 Å². The van der Waals surface area contributed by atoms with Gasteiger partial charge < -0.3 is 9.47 Å². The van der Waals surface area contributed by atoms with E-state index in [2.05, 4.69) is 0 Å². The van der Waals surface area contributed by atoms with Gasteiger partial charge in [0.25, 0.3) is 0 Å². The van der Waals surface area contributed by atoms with Gasteiger partial charge in [-0.15, -0.1) is 0 Å². The van der Waals surface area contributed by atoms with E-state index in [0.29, 0.717) is 0 Å². The summed E-state index contributed by atoms with van der Waals surface area (Å²) in [6.45, 7) is 13.5. The minimum absolute atomic E-state index is 0.206. The van der Waals surface area contributed by atoms with E-state index >= 15 is 0 Å². The van der Waals surface area contributed by atoms with Crippen molar-refractivity contribution in [3.05, 3.63) is 29.8 Å². The van der Waals surface area contributed by atoms with E-state index in [0.717, 1.165) is 11.3 Å². The normalized spacial score (nSPS) is 13.8. The van der Waals surface area contributed by atoms with Crippen LogP contribution in [0.3, 0.4) is 0 Å². The Bertz CT molecular complexity index is 447. The number of carbonyl (C=O) groups is 1. The van der Waals surface area contributed by atoms with E-state index < -0.39 is 5.60 Å². The summed E-state index contributed by atoms with van der Waals surface area (Å²) in [6, 6.07) is 7.61. The second kappa shape index (κ2) is 5.86. The molecule has 0 saturated heterocycles. The summed E-state index contributed by atoms with van der Waals surface area (Å²) >= 11 is 0. The van der Waals surface area contributed by atoms with Crippen LogP contribution in [0, 0.1) is 0 Å². The average molecular weight is 278 g/mol. The topological polar surface area (TPSA) is 35.5 Å². The molecule has 0 bridgehead atoms. The van der Waals surface area contributed by atoms with Gasteiger partial charge in [-0.05, 0) is 66.2 Å². The fourth-order valence-electron chi connectivity index (χ4n) is 1.70. The molecule has 0 aliphatic rings. The third-order valence-corrected chi connectivity index (χ3v) is 2.56. The minimum atomic E-state index is -0.458. The van der Waals surface area contributed by atoms with E-state index in [4.69, 9.17) is 9.47 Å². The molecule has 1 unspecified atom stereocenters. The maximum atomic E-state index is 12.0. The van der Waals surface area contributed by atoms with E-state index in [1.807, 2.05) is 72.7 Å². The zero-order valence-corrected chi connectivity index (χ0v) is 13.6. The predicted molar refractivity (Wildman–Crippen MR) is 81.1 cm³/mol. The molecule has 0 heterocycles. The molecule has 0 fully saturated rings. The predicted octanol–water partition coefficient (Wildman–Crippen LogP) is 4.31. The summed E-state index contributed by atoms with van der Waals surface area (Å²) < 4.78 is 11.2. The van der Waals surface area contributed by atoms with Crippen LogP contribution in [0.1, 0.15) is 59.9 Å². The molecule has 0 N–H and O–H groups in total. The first kappa shape index (κ1) is 16.5. The van der Waals surface area contributed by atoms with Gasteiger partial charge in [0.2, 0.25) is 0 Å². The lowest BCUT2D eigenvalue weighted by atomic mass is 10.0. The van der Waals surface area contributed by atoms with Gasteiger partial charge in [-0.25, -0.2) is 0 Å². The lowest BCUT2D eigenvalue weighted by Gasteiger charge is -2.23. The highest BCUT2D eigenvalue weighted by atomic mass is 16.6. The summed E-state index contributed by atoms with van der Waals surface area (Å²) in [7, 11) is 0. The van der Waals surface area contributed by atoms with Crippen LogP contribution in [0.5, 0.6) is 5.75 Å². The lowest BCUT2D eigenvalue weighted by Crippen LogP contribution is -2.26. The maximum absolute atomic E-state index is 12.0. The molecule has 0 radical (unpaired) electrons. The quantitative estimate of drug-likeness (QED) is 0.773. The second-order valence-electron chi connectivity index (χ2n) is 7.04. The molecule has 0 saturated carbocycles. The molecule has 3 nitrogen and oxygen atoms in total. The molecule has 0 spiro atoms. The monoisotopic (exact) mass is 278 g/mol. The first-order valence-electron chi connectivity index (χ1n) is 7.00. The van der Waals surface area contributed by atoms with Gasteiger partial charge in [-0.3, -0.25) is 4.79 Å². The Balaban J connectivity index is 2.75. The van der Waals surface area contributed by atoms with Crippen molar-refractivity contribution in [2.75, 3.05) is 0 Å². The van der Waals surface area contributed by atoms with Gasteiger partial charge >= 0.3 is 5.97 Å². The highest BCUT2D eigenvalue weighted by molar-refractivity contribution is 5.78. The van der Waals surface area contributed by atoms with Crippen LogP contribution in [-0.4, -0.2) is 17.2 Å². The fourth-order valence-corrected chi connectivity index (χ4v) is 1.70. The van der Waals surface area contributed by atoms with Crippen molar-refractivity contribution in [3.63, 3.8) is 0 Å². The number of carbonyl (C=O) groups excluding carboxylic acids is 1. The Morgan fingerprint density at radius 1 is 0.950 bits per heavy atom. The Morgan fingerprint density at radius 2 is 1.45 bits per heavy atom. The van der Waals surface area contributed by atoms with Gasteiger partial charge in [0, 0.05) is 0 Å². The molecular formula is C17H26O3. The molecule has 1 rings (SSSR count). The van der Waals surface area contributed by atoms with Gasteiger partial charge in [0.15, 0.2) is 0 Å². The Hall–Kier alpha value is -1.51. The molecule has 20 heavy (non-hydrogen) atoms. The largest absolute Gasteiger partial charge is 0.488 e. The summed E-state index contributed by atoms with van der Waals surface area (Å²) in [4.78, 5) is 12.0. The van der Waals surface area contributed by atoms with Crippen molar-refractivity contribution in [1.29, 1.82) is 0 Å². The Kier molecular flexibility index (Phi) is 4.85. The van der Waals surface area contributed by atoms with Crippen LogP contribution in [0.4, 0.5) is 0 Å². The van der Waals surface area contributed by atoms with Crippen molar-refractivity contribution >= 4 is 5.97 Å². The van der Waals surface area contributed by atoms with Gasteiger partial charge in [0.1, 0.15) is 17.0 Å². The van der Waals surface area contributed by atoms with E-state index in [1.165, 1.54) is 0 Å². The van der Waals surface area contributed by atoms with Crippen LogP contribution in [-0.2, 0) is 9.53 Å². The molecule has 1 aromatic rings. The maximum Gasteiger partial charge on any atom is 0.313 e. The highest BCUT2D eigenvalue weighted by Gasteiger charge is 2.23. The molecular weight excluding hydrogens is 252 g/mol. The first-order chi connectivity index (χ1) is 8.98. The number of hydrogen-bond acceptors (Lipinski definition) is 3. The standard InChI is InChI=1S/C17H26O3/c1-12(15(18)20-17(5,6)7)13-8-10-14(11-9-13)19-16(2,3)4/h8-12H,1-7H3. The van der Waals surface area contributed by atoms with Crippen LogP contribution in [0.2, 0.25) is 0 Å². The number of hydrogen-bond donors (Lipinski definition) is 0. The SMILES string of the molecule is CC(C(=O)OC(C)(C)C)c1ccc(OC(C)(C)C)cc1. The zero-order chi connectivity index (χ0) is 15.6. The second-order valence-corrected chi connectivity index (χ2v) is 7.04. The van der Waals surface area contributed by atoms with Crippen molar-refractivity contribution in [2.24, 2.45) is 0 Å². The van der Waals surface area contributed by atoms with Gasteiger partial charge in [0.05, 0.1) is 5.92 Å². The minimum Gasteiger partial charge on any atom is -0.488 e. The summed E-state index contributed by atoms with van der Waals surface area (Å²) in [5, 5.41) is 0. The average Bonchev–Trinajstić information content (AvgIpc) is 2.24. The molecule has 0 aliphatic carbocycles. The summed E-state index contributed by atoms with van der Waals surface area (Å²) in [5.74, 6) is 0.317. The van der Waals surface area contributed by atoms with E-state index in [9.17, 15) is 4.79 Å². The Labute approximate surface area is 122 Å². The van der Waals surface area contributed by atoms with E-state index in [-0.39, 0.29) is 17.5 Å². The molecule has 0 amide bonds. The fraction of sp³-hybridized carbons (Fsp3) is 0.588. The van der Waals surface area contributed by atoms with Gasteiger partial charge in [-0.1, -0.05) is 12.1 Å². The highest BCUT2D eigenvalue weighted by Crippen LogP contribution is 2.24. The van der Waals surface area contributed by atoms with Crippen LogP contribution in [0.15, 0.2) is 24.3 Å². The van der Waals surface area contributed by atoms with Crippen LogP contribution in [0.25, 0.3) is 0 Å². The van der Waals surface area contributed by atoms with Crippen molar-refractivity contribution in [2.45, 2.75) is 65.6 Å².